The average Bonchev–Trinajstić information content (AvgIpc) is 3.06. The molecule has 0 saturated carbocycles. The summed E-state index contributed by atoms with van der Waals surface area (Å²) >= 11 is 0. The lowest BCUT2D eigenvalue weighted by molar-refractivity contribution is 0.0698. The molecule has 1 aromatic heterocycles. The number of carboxylic acids is 1. The first-order valence-electron chi connectivity index (χ1n) is 9.37. The van der Waals surface area contributed by atoms with Crippen molar-refractivity contribution in [2.75, 3.05) is 12.3 Å². The average molecular weight is 387 g/mol. The SMILES string of the molecule is CCOc1nc2cccc(C(=O)O)c2n1Cc1ccc(-c2ccccc2N)cc1. The summed E-state index contributed by atoms with van der Waals surface area (Å²) in [4.78, 5) is 16.2. The molecule has 6 nitrogen and oxygen atoms in total. The molecule has 146 valence electrons. The number of anilines is 1. The smallest absolute Gasteiger partial charge is 0.337 e. The molecular formula is C23H21N3O3. The highest BCUT2D eigenvalue weighted by atomic mass is 16.5. The molecule has 0 fully saturated rings. The highest BCUT2D eigenvalue weighted by Crippen LogP contribution is 2.28. The standard InChI is InChI=1S/C23H21N3O3/c1-2-29-23-25-20-9-5-7-18(22(27)28)21(20)26(23)14-15-10-12-16(13-11-15)17-6-3-4-8-19(17)24/h3-13H,2,14,24H2,1H3,(H,27,28). The Morgan fingerprint density at radius 3 is 2.52 bits per heavy atom. The molecule has 3 N–H and O–H groups in total. The Kier molecular flexibility index (Phi) is 4.91. The number of carboxylic acid groups (broad SMARTS) is 1. The topological polar surface area (TPSA) is 90.4 Å². The van der Waals surface area contributed by atoms with Crippen molar-refractivity contribution in [3.05, 3.63) is 77.9 Å². The van der Waals surface area contributed by atoms with E-state index in [9.17, 15) is 9.90 Å². The number of ether oxygens (including phenoxy) is 1. The Bertz CT molecular complexity index is 1180. The fourth-order valence-corrected chi connectivity index (χ4v) is 3.46. The van der Waals surface area contributed by atoms with E-state index in [1.807, 2.05) is 60.0 Å². The van der Waals surface area contributed by atoms with Gasteiger partial charge < -0.3 is 15.6 Å². The van der Waals surface area contributed by atoms with Gasteiger partial charge in [0.15, 0.2) is 0 Å². The Morgan fingerprint density at radius 2 is 1.83 bits per heavy atom. The number of rotatable bonds is 6. The second-order valence-electron chi connectivity index (χ2n) is 6.68. The van der Waals surface area contributed by atoms with E-state index in [0.29, 0.717) is 30.2 Å². The number of nitrogen functional groups attached to an aromatic ring is 1. The number of aromatic nitrogens is 2. The third kappa shape index (κ3) is 3.52. The van der Waals surface area contributed by atoms with Crippen LogP contribution in [0.1, 0.15) is 22.8 Å². The largest absolute Gasteiger partial charge is 0.478 e. The predicted octanol–water partition coefficient (Wildman–Crippen LogP) is 4.43. The maximum Gasteiger partial charge on any atom is 0.337 e. The first kappa shape index (κ1) is 18.6. The van der Waals surface area contributed by atoms with E-state index in [4.69, 9.17) is 10.5 Å². The second kappa shape index (κ2) is 7.67. The summed E-state index contributed by atoms with van der Waals surface area (Å²) in [6.45, 7) is 2.76. The molecule has 0 aliphatic carbocycles. The van der Waals surface area contributed by atoms with Crippen molar-refractivity contribution >= 4 is 22.7 Å². The number of nitrogens with zero attached hydrogens (tertiary/aromatic N) is 2. The lowest BCUT2D eigenvalue weighted by atomic mass is 10.0. The fraction of sp³-hybridized carbons (Fsp3) is 0.130. The van der Waals surface area contributed by atoms with Crippen LogP contribution in [0.15, 0.2) is 66.7 Å². The van der Waals surface area contributed by atoms with Crippen molar-refractivity contribution in [1.29, 1.82) is 0 Å². The van der Waals surface area contributed by atoms with Gasteiger partial charge in [0.05, 0.1) is 29.7 Å². The van der Waals surface area contributed by atoms with Gasteiger partial charge in [0.25, 0.3) is 6.01 Å². The zero-order chi connectivity index (χ0) is 20.4. The van der Waals surface area contributed by atoms with E-state index in [1.54, 1.807) is 18.2 Å². The molecule has 0 radical (unpaired) electrons. The van der Waals surface area contributed by atoms with Gasteiger partial charge in [0.2, 0.25) is 0 Å². The number of aromatic carboxylic acids is 1. The maximum absolute atomic E-state index is 11.7. The van der Waals surface area contributed by atoms with Gasteiger partial charge in [-0.3, -0.25) is 4.57 Å². The van der Waals surface area contributed by atoms with Gasteiger partial charge in [-0.15, -0.1) is 0 Å². The van der Waals surface area contributed by atoms with Crippen molar-refractivity contribution in [1.82, 2.24) is 9.55 Å². The van der Waals surface area contributed by atoms with Crippen LogP contribution in [0.4, 0.5) is 5.69 Å². The lowest BCUT2D eigenvalue weighted by Crippen LogP contribution is -2.08. The number of carbonyl (C=O) groups is 1. The van der Waals surface area contributed by atoms with Gasteiger partial charge in [0.1, 0.15) is 0 Å². The summed E-state index contributed by atoms with van der Waals surface area (Å²) in [5.41, 5.74) is 11.2. The molecule has 0 atom stereocenters. The number of hydrogen-bond donors (Lipinski definition) is 2. The first-order valence-corrected chi connectivity index (χ1v) is 9.37. The van der Waals surface area contributed by atoms with Crippen LogP contribution < -0.4 is 10.5 Å². The molecule has 4 aromatic rings. The molecule has 0 unspecified atom stereocenters. The van der Waals surface area contributed by atoms with Gasteiger partial charge in [-0.1, -0.05) is 48.5 Å². The molecule has 0 bridgehead atoms. The number of benzene rings is 3. The van der Waals surface area contributed by atoms with E-state index in [-0.39, 0.29) is 5.56 Å². The molecule has 0 saturated heterocycles. The van der Waals surface area contributed by atoms with Crippen LogP contribution in [0.2, 0.25) is 0 Å². The Labute approximate surface area is 168 Å². The molecular weight excluding hydrogens is 366 g/mol. The summed E-state index contributed by atoms with van der Waals surface area (Å²) in [6.07, 6.45) is 0. The maximum atomic E-state index is 11.7. The molecule has 0 spiro atoms. The lowest BCUT2D eigenvalue weighted by Gasteiger charge is -2.11. The van der Waals surface area contributed by atoms with Gasteiger partial charge in [-0.2, -0.15) is 4.98 Å². The summed E-state index contributed by atoms with van der Waals surface area (Å²) < 4.78 is 7.49. The number of para-hydroxylation sites is 2. The molecule has 29 heavy (non-hydrogen) atoms. The molecule has 0 amide bonds. The van der Waals surface area contributed by atoms with Crippen LogP contribution in [0, 0.1) is 0 Å². The van der Waals surface area contributed by atoms with Gasteiger partial charge >= 0.3 is 5.97 Å². The van der Waals surface area contributed by atoms with Crippen LogP contribution in [0.25, 0.3) is 22.2 Å². The minimum Gasteiger partial charge on any atom is -0.478 e. The van der Waals surface area contributed by atoms with Gasteiger partial charge in [-0.05, 0) is 36.2 Å². The van der Waals surface area contributed by atoms with E-state index >= 15 is 0 Å². The zero-order valence-electron chi connectivity index (χ0n) is 16.0. The first-order chi connectivity index (χ1) is 14.1. The highest BCUT2D eigenvalue weighted by molar-refractivity contribution is 6.01. The summed E-state index contributed by atoms with van der Waals surface area (Å²) in [7, 11) is 0. The van der Waals surface area contributed by atoms with Crippen molar-refractivity contribution in [3.63, 3.8) is 0 Å². The monoisotopic (exact) mass is 387 g/mol. The molecule has 0 aliphatic heterocycles. The van der Waals surface area contributed by atoms with Gasteiger partial charge in [0, 0.05) is 11.3 Å². The third-order valence-corrected chi connectivity index (χ3v) is 4.80. The summed E-state index contributed by atoms with van der Waals surface area (Å²) in [6, 6.07) is 21.2. The Hall–Kier alpha value is -3.80. The number of nitrogens with two attached hydrogens (primary N) is 1. The predicted molar refractivity (Wildman–Crippen MR) is 113 cm³/mol. The van der Waals surface area contributed by atoms with E-state index in [0.717, 1.165) is 22.4 Å². The van der Waals surface area contributed by atoms with Crippen LogP contribution in [-0.2, 0) is 6.54 Å². The van der Waals surface area contributed by atoms with Gasteiger partial charge in [-0.25, -0.2) is 4.79 Å². The molecule has 3 aromatic carbocycles. The van der Waals surface area contributed by atoms with E-state index in [1.165, 1.54) is 0 Å². The van der Waals surface area contributed by atoms with E-state index < -0.39 is 5.97 Å². The normalized spacial score (nSPS) is 10.9. The van der Waals surface area contributed by atoms with Crippen LogP contribution in [0.5, 0.6) is 6.01 Å². The van der Waals surface area contributed by atoms with Crippen molar-refractivity contribution in [2.45, 2.75) is 13.5 Å². The van der Waals surface area contributed by atoms with Crippen molar-refractivity contribution in [3.8, 4) is 17.1 Å². The number of imidazole rings is 1. The molecule has 1 heterocycles. The molecule has 0 aliphatic rings. The zero-order valence-corrected chi connectivity index (χ0v) is 16.0. The minimum absolute atomic E-state index is 0.203. The van der Waals surface area contributed by atoms with Crippen molar-refractivity contribution in [2.24, 2.45) is 0 Å². The Morgan fingerprint density at radius 1 is 1.07 bits per heavy atom. The van der Waals surface area contributed by atoms with Crippen LogP contribution in [0.3, 0.4) is 0 Å². The second-order valence-corrected chi connectivity index (χ2v) is 6.68. The molecule has 6 heteroatoms. The summed E-state index contributed by atoms with van der Waals surface area (Å²) in [5, 5.41) is 9.61. The molecule has 4 rings (SSSR count). The highest BCUT2D eigenvalue weighted by Gasteiger charge is 2.18. The third-order valence-electron chi connectivity index (χ3n) is 4.80. The van der Waals surface area contributed by atoms with E-state index in [2.05, 4.69) is 4.98 Å². The summed E-state index contributed by atoms with van der Waals surface area (Å²) in [5.74, 6) is -0.991. The quantitative estimate of drug-likeness (QED) is 0.478. The minimum atomic E-state index is -0.991. The fourth-order valence-electron chi connectivity index (χ4n) is 3.46. The Balaban J connectivity index is 1.75. The van der Waals surface area contributed by atoms with Crippen LogP contribution >= 0.6 is 0 Å². The number of hydrogen-bond acceptors (Lipinski definition) is 4. The number of fused-ring (bicyclic) bond motifs is 1. The van der Waals surface area contributed by atoms with Crippen molar-refractivity contribution < 1.29 is 14.6 Å². The van der Waals surface area contributed by atoms with Crippen LogP contribution in [-0.4, -0.2) is 27.2 Å².